The second-order valence-corrected chi connectivity index (χ2v) is 5.24. The van der Waals surface area contributed by atoms with Gasteiger partial charge in [0.2, 0.25) is 0 Å². The Morgan fingerprint density at radius 1 is 1.38 bits per heavy atom. The molecule has 2 rings (SSSR count). The van der Waals surface area contributed by atoms with Gasteiger partial charge in [0.1, 0.15) is 5.75 Å². The lowest BCUT2D eigenvalue weighted by atomic mass is 10.3. The monoisotopic (exact) mass is 293 g/mol. The molecule has 0 bridgehead atoms. The molecule has 1 aliphatic rings. The molecule has 3 N–H and O–H groups in total. The molecular formula is C15H23N3O3. The van der Waals surface area contributed by atoms with Crippen LogP contribution in [0.5, 0.6) is 5.75 Å². The number of ether oxygens (including phenoxy) is 2. The van der Waals surface area contributed by atoms with Crippen LogP contribution in [0.3, 0.4) is 0 Å². The van der Waals surface area contributed by atoms with Gasteiger partial charge in [0.25, 0.3) is 5.91 Å². The van der Waals surface area contributed by atoms with E-state index < -0.39 is 0 Å². The highest BCUT2D eigenvalue weighted by Crippen LogP contribution is 2.12. The highest BCUT2D eigenvalue weighted by Gasteiger charge is 2.15. The third-order valence-electron chi connectivity index (χ3n) is 3.29. The predicted octanol–water partition coefficient (Wildman–Crippen LogP) is 0.485. The third kappa shape index (κ3) is 5.61. The highest BCUT2D eigenvalue weighted by molar-refractivity contribution is 5.77. The van der Waals surface area contributed by atoms with Crippen molar-refractivity contribution in [3.8, 4) is 5.75 Å². The molecule has 1 aromatic rings. The number of benzene rings is 1. The largest absolute Gasteiger partial charge is 0.484 e. The van der Waals surface area contributed by atoms with Gasteiger partial charge in [-0.1, -0.05) is 0 Å². The van der Waals surface area contributed by atoms with Gasteiger partial charge in [0, 0.05) is 31.4 Å². The summed E-state index contributed by atoms with van der Waals surface area (Å²) < 4.78 is 10.7. The maximum atomic E-state index is 11.8. The molecule has 1 fully saturated rings. The fourth-order valence-electron chi connectivity index (χ4n) is 2.25. The Balaban J connectivity index is 1.67. The molecule has 21 heavy (non-hydrogen) atoms. The van der Waals surface area contributed by atoms with Gasteiger partial charge in [-0.3, -0.25) is 9.69 Å². The van der Waals surface area contributed by atoms with Crippen molar-refractivity contribution >= 4 is 11.6 Å². The molecule has 1 aromatic carbocycles. The lowest BCUT2D eigenvalue weighted by molar-refractivity contribution is -0.123. The van der Waals surface area contributed by atoms with Gasteiger partial charge in [0.15, 0.2) is 6.61 Å². The summed E-state index contributed by atoms with van der Waals surface area (Å²) >= 11 is 0. The maximum Gasteiger partial charge on any atom is 0.258 e. The molecule has 1 atom stereocenters. The molecule has 1 amide bonds. The quantitative estimate of drug-likeness (QED) is 0.746. The molecule has 0 radical (unpaired) electrons. The van der Waals surface area contributed by atoms with E-state index in [4.69, 9.17) is 15.2 Å². The molecule has 1 heterocycles. The second kappa shape index (κ2) is 7.85. The van der Waals surface area contributed by atoms with Crippen LogP contribution < -0.4 is 15.8 Å². The average Bonchev–Trinajstić information content (AvgIpc) is 2.47. The number of rotatable bonds is 6. The van der Waals surface area contributed by atoms with Crippen LogP contribution in [0.15, 0.2) is 24.3 Å². The first-order valence-corrected chi connectivity index (χ1v) is 7.21. The van der Waals surface area contributed by atoms with E-state index in [0.717, 1.165) is 32.8 Å². The van der Waals surface area contributed by atoms with E-state index in [1.54, 1.807) is 24.3 Å². The fraction of sp³-hybridized carbons (Fsp3) is 0.533. The smallest absolute Gasteiger partial charge is 0.258 e. The van der Waals surface area contributed by atoms with E-state index >= 15 is 0 Å². The number of nitrogens with one attached hydrogen (secondary N) is 1. The number of hydrogen-bond donors (Lipinski definition) is 2. The molecule has 1 saturated heterocycles. The Kier molecular flexibility index (Phi) is 5.83. The van der Waals surface area contributed by atoms with Gasteiger partial charge in [0.05, 0.1) is 13.2 Å². The number of hydrogen-bond acceptors (Lipinski definition) is 5. The van der Waals surface area contributed by atoms with Crippen molar-refractivity contribution in [2.24, 2.45) is 0 Å². The molecule has 0 spiro atoms. The Hall–Kier alpha value is -1.79. The van der Waals surface area contributed by atoms with Crippen LogP contribution in [0, 0.1) is 0 Å². The number of morpholine rings is 1. The number of amides is 1. The van der Waals surface area contributed by atoms with Crippen molar-refractivity contribution in [1.29, 1.82) is 0 Å². The summed E-state index contributed by atoms with van der Waals surface area (Å²) in [4.78, 5) is 14.1. The van der Waals surface area contributed by atoms with E-state index in [-0.39, 0.29) is 18.6 Å². The molecule has 1 unspecified atom stereocenters. The first-order valence-electron chi connectivity index (χ1n) is 7.21. The van der Waals surface area contributed by atoms with Crippen LogP contribution in [0.2, 0.25) is 0 Å². The van der Waals surface area contributed by atoms with Crippen molar-refractivity contribution < 1.29 is 14.3 Å². The number of anilines is 1. The number of nitrogen functional groups attached to an aromatic ring is 1. The third-order valence-corrected chi connectivity index (χ3v) is 3.29. The Bertz CT molecular complexity index is 444. The van der Waals surface area contributed by atoms with Gasteiger partial charge in [-0.25, -0.2) is 0 Å². The van der Waals surface area contributed by atoms with Crippen LogP contribution in [0.4, 0.5) is 5.69 Å². The number of nitrogens with two attached hydrogens (primary N) is 1. The van der Waals surface area contributed by atoms with E-state index in [2.05, 4.69) is 10.2 Å². The molecular weight excluding hydrogens is 270 g/mol. The van der Waals surface area contributed by atoms with Crippen LogP contribution in [-0.2, 0) is 9.53 Å². The summed E-state index contributed by atoms with van der Waals surface area (Å²) in [6.07, 6.45) is 0. The van der Waals surface area contributed by atoms with Crippen LogP contribution >= 0.6 is 0 Å². The summed E-state index contributed by atoms with van der Waals surface area (Å²) in [6.45, 7) is 6.21. The zero-order chi connectivity index (χ0) is 15.1. The van der Waals surface area contributed by atoms with E-state index in [9.17, 15) is 4.79 Å². The zero-order valence-electron chi connectivity index (χ0n) is 12.4. The number of nitrogens with zero attached hydrogens (tertiary/aromatic N) is 1. The minimum absolute atomic E-state index is 0.0113. The lowest BCUT2D eigenvalue weighted by Crippen LogP contribution is -2.46. The molecule has 0 aliphatic carbocycles. The summed E-state index contributed by atoms with van der Waals surface area (Å²) in [5, 5.41) is 2.94. The zero-order valence-corrected chi connectivity index (χ0v) is 12.4. The van der Waals surface area contributed by atoms with Crippen molar-refractivity contribution in [3.63, 3.8) is 0 Å². The van der Waals surface area contributed by atoms with Gasteiger partial charge >= 0.3 is 0 Å². The van der Waals surface area contributed by atoms with Gasteiger partial charge < -0.3 is 20.5 Å². The predicted molar refractivity (Wildman–Crippen MR) is 81.2 cm³/mol. The van der Waals surface area contributed by atoms with Gasteiger partial charge in [-0.2, -0.15) is 0 Å². The minimum atomic E-state index is -0.118. The molecule has 116 valence electrons. The molecule has 1 aliphatic heterocycles. The van der Waals surface area contributed by atoms with Crippen molar-refractivity contribution in [2.45, 2.75) is 13.0 Å². The highest BCUT2D eigenvalue weighted by atomic mass is 16.5. The van der Waals surface area contributed by atoms with E-state index in [0.29, 0.717) is 11.4 Å². The maximum absolute atomic E-state index is 11.8. The Morgan fingerprint density at radius 2 is 2.05 bits per heavy atom. The fourth-order valence-corrected chi connectivity index (χ4v) is 2.25. The summed E-state index contributed by atoms with van der Waals surface area (Å²) in [5.74, 6) is 0.521. The van der Waals surface area contributed by atoms with Crippen LogP contribution in [0.25, 0.3) is 0 Å². The Labute approximate surface area is 125 Å². The second-order valence-electron chi connectivity index (χ2n) is 5.24. The first kappa shape index (κ1) is 15.6. The van der Waals surface area contributed by atoms with Crippen molar-refractivity contribution in [3.05, 3.63) is 24.3 Å². The van der Waals surface area contributed by atoms with Crippen LogP contribution in [0.1, 0.15) is 6.92 Å². The van der Waals surface area contributed by atoms with Gasteiger partial charge in [-0.05, 0) is 31.2 Å². The molecule has 6 heteroatoms. The van der Waals surface area contributed by atoms with Crippen molar-refractivity contribution in [2.75, 3.05) is 45.2 Å². The van der Waals surface area contributed by atoms with Crippen molar-refractivity contribution in [1.82, 2.24) is 10.2 Å². The molecule has 0 saturated carbocycles. The first-order chi connectivity index (χ1) is 10.1. The summed E-state index contributed by atoms with van der Waals surface area (Å²) in [6, 6.07) is 7.08. The number of carbonyl (C=O) groups excluding carboxylic acids is 1. The van der Waals surface area contributed by atoms with E-state index in [1.165, 1.54) is 0 Å². The van der Waals surface area contributed by atoms with Gasteiger partial charge in [-0.15, -0.1) is 0 Å². The Morgan fingerprint density at radius 3 is 2.71 bits per heavy atom. The number of carbonyl (C=O) groups is 1. The molecule has 6 nitrogen and oxygen atoms in total. The molecule has 0 aromatic heterocycles. The summed E-state index contributed by atoms with van der Waals surface area (Å²) in [5.41, 5.74) is 6.26. The topological polar surface area (TPSA) is 76.8 Å². The van der Waals surface area contributed by atoms with E-state index in [1.807, 2.05) is 6.92 Å². The summed E-state index contributed by atoms with van der Waals surface area (Å²) in [7, 11) is 0. The SMILES string of the molecule is CC(CN1CCOCC1)NC(=O)COc1ccc(N)cc1. The standard InChI is InChI=1S/C15H23N3O3/c1-12(10-18-6-8-20-9-7-18)17-15(19)11-21-14-4-2-13(16)3-5-14/h2-5,12H,6-11,16H2,1H3,(H,17,19). The lowest BCUT2D eigenvalue weighted by Gasteiger charge is -2.29. The van der Waals surface area contributed by atoms with Crippen LogP contribution in [-0.4, -0.2) is 56.3 Å². The minimum Gasteiger partial charge on any atom is -0.484 e. The average molecular weight is 293 g/mol. The normalized spacial score (nSPS) is 17.2.